The molecule has 0 fully saturated rings. The first-order valence-electron chi connectivity index (χ1n) is 7.08. The molecule has 21 heavy (non-hydrogen) atoms. The topological polar surface area (TPSA) is 72.9 Å². The Balaban J connectivity index is 2.21. The summed E-state index contributed by atoms with van der Waals surface area (Å²) >= 11 is 0. The number of carbonyl (C=O) groups excluding carboxylic acids is 1. The third kappa shape index (κ3) is 3.33. The molecule has 0 spiro atoms. The number of likely N-dealkylation sites (N-methyl/N-ethyl adjacent to an activating group) is 2. The number of carboxylic acid groups (broad SMARTS) is 1. The maximum Gasteiger partial charge on any atom is 0.335 e. The summed E-state index contributed by atoms with van der Waals surface area (Å²) in [4.78, 5) is 26.9. The number of aromatic carboxylic acids is 1. The van der Waals surface area contributed by atoms with Gasteiger partial charge in [-0.2, -0.15) is 0 Å². The Morgan fingerprint density at radius 1 is 1.43 bits per heavy atom. The Labute approximate surface area is 124 Å². The number of rotatable bonds is 4. The van der Waals surface area contributed by atoms with Gasteiger partial charge in [-0.3, -0.25) is 4.90 Å². The lowest BCUT2D eigenvalue weighted by Crippen LogP contribution is -2.45. The molecule has 2 N–H and O–H groups in total. The third-order valence-corrected chi connectivity index (χ3v) is 3.70. The van der Waals surface area contributed by atoms with Crippen LogP contribution < -0.4 is 10.2 Å². The fraction of sp³-hybridized carbons (Fsp3) is 0.467. The van der Waals surface area contributed by atoms with Crippen LogP contribution >= 0.6 is 0 Å². The van der Waals surface area contributed by atoms with Gasteiger partial charge in [0, 0.05) is 32.4 Å². The van der Waals surface area contributed by atoms with Crippen LogP contribution in [0.15, 0.2) is 18.2 Å². The van der Waals surface area contributed by atoms with Gasteiger partial charge in [-0.05, 0) is 43.7 Å². The first-order chi connectivity index (χ1) is 10.0. The van der Waals surface area contributed by atoms with Gasteiger partial charge in [-0.15, -0.1) is 0 Å². The summed E-state index contributed by atoms with van der Waals surface area (Å²) < 4.78 is 0. The highest BCUT2D eigenvalue weighted by Crippen LogP contribution is 2.28. The lowest BCUT2D eigenvalue weighted by molar-refractivity contribution is 0.0696. The second kappa shape index (κ2) is 6.58. The lowest BCUT2D eigenvalue weighted by atomic mass is 9.99. The van der Waals surface area contributed by atoms with E-state index in [1.54, 1.807) is 35.0 Å². The monoisotopic (exact) mass is 291 g/mol. The van der Waals surface area contributed by atoms with Crippen molar-refractivity contribution in [3.8, 4) is 0 Å². The van der Waals surface area contributed by atoms with Crippen LogP contribution in [-0.4, -0.2) is 55.7 Å². The SMILES string of the molecule is CNCCN(C)C(=O)N1CCCc2cc(C(=O)O)ccc21. The minimum Gasteiger partial charge on any atom is -0.478 e. The average Bonchev–Trinajstić information content (AvgIpc) is 2.50. The van der Waals surface area contributed by atoms with Crippen molar-refractivity contribution >= 4 is 17.7 Å². The number of hydrogen-bond acceptors (Lipinski definition) is 3. The fourth-order valence-corrected chi connectivity index (χ4v) is 2.51. The molecule has 2 amide bonds. The van der Waals surface area contributed by atoms with Gasteiger partial charge in [0.2, 0.25) is 0 Å². The van der Waals surface area contributed by atoms with Crippen LogP contribution in [0.3, 0.4) is 0 Å². The minimum atomic E-state index is -0.938. The highest BCUT2D eigenvalue weighted by molar-refractivity contribution is 5.95. The van der Waals surface area contributed by atoms with E-state index in [0.29, 0.717) is 13.1 Å². The Kier molecular flexibility index (Phi) is 4.80. The predicted molar refractivity (Wildman–Crippen MR) is 81.0 cm³/mol. The summed E-state index contributed by atoms with van der Waals surface area (Å²) in [7, 11) is 3.63. The number of fused-ring (bicyclic) bond motifs is 1. The second-order valence-corrected chi connectivity index (χ2v) is 5.21. The Morgan fingerprint density at radius 2 is 2.19 bits per heavy atom. The molecule has 2 rings (SSSR count). The third-order valence-electron chi connectivity index (χ3n) is 3.70. The van der Waals surface area contributed by atoms with Crippen LogP contribution in [-0.2, 0) is 6.42 Å². The zero-order valence-electron chi connectivity index (χ0n) is 12.4. The fourth-order valence-electron chi connectivity index (χ4n) is 2.51. The van der Waals surface area contributed by atoms with E-state index in [2.05, 4.69) is 5.32 Å². The summed E-state index contributed by atoms with van der Waals surface area (Å²) in [6.45, 7) is 2.04. The van der Waals surface area contributed by atoms with E-state index in [9.17, 15) is 9.59 Å². The molecule has 1 aliphatic heterocycles. The Bertz CT molecular complexity index is 545. The number of nitrogens with zero attached hydrogens (tertiary/aromatic N) is 2. The van der Waals surface area contributed by atoms with E-state index in [1.165, 1.54) is 0 Å². The maximum atomic E-state index is 12.5. The summed E-state index contributed by atoms with van der Waals surface area (Å²) in [5.74, 6) is -0.938. The number of hydrogen-bond donors (Lipinski definition) is 2. The number of amides is 2. The number of carboxylic acids is 1. The van der Waals surface area contributed by atoms with Gasteiger partial charge in [0.05, 0.1) is 5.56 Å². The Hall–Kier alpha value is -2.08. The zero-order chi connectivity index (χ0) is 15.4. The summed E-state index contributed by atoms with van der Waals surface area (Å²) in [5, 5.41) is 12.1. The van der Waals surface area contributed by atoms with Crippen LogP contribution in [0.2, 0.25) is 0 Å². The minimum absolute atomic E-state index is 0.0470. The van der Waals surface area contributed by atoms with Gasteiger partial charge in [-0.25, -0.2) is 9.59 Å². The van der Waals surface area contributed by atoms with Gasteiger partial charge >= 0.3 is 12.0 Å². The normalized spacial score (nSPS) is 13.7. The van der Waals surface area contributed by atoms with Gasteiger partial charge in [0.15, 0.2) is 0 Å². The molecule has 0 aromatic heterocycles. The molecule has 0 radical (unpaired) electrons. The van der Waals surface area contributed by atoms with Crippen molar-refractivity contribution in [3.63, 3.8) is 0 Å². The van der Waals surface area contributed by atoms with Crippen molar-refractivity contribution in [1.82, 2.24) is 10.2 Å². The van der Waals surface area contributed by atoms with Gasteiger partial charge < -0.3 is 15.3 Å². The van der Waals surface area contributed by atoms with Crippen molar-refractivity contribution in [1.29, 1.82) is 0 Å². The van der Waals surface area contributed by atoms with Crippen molar-refractivity contribution in [2.24, 2.45) is 0 Å². The molecule has 6 nitrogen and oxygen atoms in total. The van der Waals surface area contributed by atoms with E-state index in [-0.39, 0.29) is 11.6 Å². The van der Waals surface area contributed by atoms with Gasteiger partial charge in [0.25, 0.3) is 0 Å². The summed E-state index contributed by atoms with van der Waals surface area (Å²) in [5.41, 5.74) is 2.02. The van der Waals surface area contributed by atoms with Crippen LogP contribution in [0.5, 0.6) is 0 Å². The molecule has 0 unspecified atom stereocenters. The van der Waals surface area contributed by atoms with Crippen LogP contribution in [0.25, 0.3) is 0 Å². The first kappa shape index (κ1) is 15.3. The average molecular weight is 291 g/mol. The molecule has 114 valence electrons. The van der Waals surface area contributed by atoms with E-state index >= 15 is 0 Å². The molecule has 0 saturated carbocycles. The highest BCUT2D eigenvalue weighted by Gasteiger charge is 2.25. The summed E-state index contributed by atoms with van der Waals surface area (Å²) in [6, 6.07) is 4.92. The number of benzene rings is 1. The lowest BCUT2D eigenvalue weighted by Gasteiger charge is -2.33. The standard InChI is InChI=1S/C15H21N3O3/c1-16-7-9-17(2)15(21)18-8-3-4-11-10-12(14(19)20)5-6-13(11)18/h5-6,10,16H,3-4,7-9H2,1-2H3,(H,19,20). The number of carbonyl (C=O) groups is 2. The predicted octanol–water partition coefficient (Wildman–Crippen LogP) is 1.41. The number of aryl methyl sites for hydroxylation is 1. The van der Waals surface area contributed by atoms with Crippen molar-refractivity contribution < 1.29 is 14.7 Å². The molecule has 0 bridgehead atoms. The van der Waals surface area contributed by atoms with Crippen LogP contribution in [0, 0.1) is 0 Å². The molecule has 1 aromatic carbocycles. The van der Waals surface area contributed by atoms with Crippen molar-refractivity contribution in [2.75, 3.05) is 38.6 Å². The smallest absolute Gasteiger partial charge is 0.335 e. The van der Waals surface area contributed by atoms with E-state index in [0.717, 1.165) is 30.6 Å². The zero-order valence-corrected chi connectivity index (χ0v) is 12.4. The van der Waals surface area contributed by atoms with E-state index < -0.39 is 5.97 Å². The number of nitrogens with one attached hydrogen (secondary N) is 1. The van der Waals surface area contributed by atoms with Crippen molar-refractivity contribution in [2.45, 2.75) is 12.8 Å². The first-order valence-corrected chi connectivity index (χ1v) is 7.08. The summed E-state index contributed by atoms with van der Waals surface area (Å²) in [6.07, 6.45) is 1.65. The molecule has 0 atom stereocenters. The number of anilines is 1. The molecular weight excluding hydrogens is 270 g/mol. The maximum absolute atomic E-state index is 12.5. The van der Waals surface area contributed by atoms with Gasteiger partial charge in [0.1, 0.15) is 0 Å². The highest BCUT2D eigenvalue weighted by atomic mass is 16.4. The second-order valence-electron chi connectivity index (χ2n) is 5.21. The van der Waals surface area contributed by atoms with E-state index in [1.807, 2.05) is 7.05 Å². The molecule has 6 heteroatoms. The van der Waals surface area contributed by atoms with Crippen molar-refractivity contribution in [3.05, 3.63) is 29.3 Å². The van der Waals surface area contributed by atoms with Crippen LogP contribution in [0.1, 0.15) is 22.3 Å². The Morgan fingerprint density at radius 3 is 2.86 bits per heavy atom. The number of urea groups is 1. The molecular formula is C15H21N3O3. The van der Waals surface area contributed by atoms with Crippen LogP contribution in [0.4, 0.5) is 10.5 Å². The molecule has 0 aliphatic carbocycles. The molecule has 1 heterocycles. The van der Waals surface area contributed by atoms with Gasteiger partial charge in [-0.1, -0.05) is 0 Å². The largest absolute Gasteiger partial charge is 0.478 e. The molecule has 1 aromatic rings. The molecule has 1 aliphatic rings. The quantitative estimate of drug-likeness (QED) is 0.879. The van der Waals surface area contributed by atoms with E-state index in [4.69, 9.17) is 5.11 Å². The molecule has 0 saturated heterocycles.